The predicted octanol–water partition coefficient (Wildman–Crippen LogP) is 1.89. The Labute approximate surface area is 96.1 Å². The first-order valence-corrected chi connectivity index (χ1v) is 6.38. The molecule has 0 amide bonds. The lowest BCUT2D eigenvalue weighted by molar-refractivity contribution is -0.142. The van der Waals surface area contributed by atoms with Gasteiger partial charge < -0.3 is 5.11 Å². The molecular weight excluding hydrogens is 202 g/mol. The lowest BCUT2D eigenvalue weighted by atomic mass is 9.89. The molecule has 3 heteroatoms. The smallest absolute Gasteiger partial charge is 0.307 e. The zero-order valence-electron chi connectivity index (χ0n) is 9.56. The molecule has 1 saturated heterocycles. The Balaban J connectivity index is 1.80. The van der Waals surface area contributed by atoms with Gasteiger partial charge in [-0.25, -0.2) is 0 Å². The second-order valence-electron chi connectivity index (χ2n) is 5.53. The summed E-state index contributed by atoms with van der Waals surface area (Å²) in [6.45, 7) is 2.31. The Kier molecular flexibility index (Phi) is 2.32. The molecule has 1 N–H and O–H groups in total. The molecule has 1 saturated carbocycles. The molecule has 1 heterocycles. The number of carboxylic acid groups (broad SMARTS) is 1. The van der Waals surface area contributed by atoms with Crippen molar-refractivity contribution in [3.63, 3.8) is 0 Å². The van der Waals surface area contributed by atoms with Gasteiger partial charge >= 0.3 is 5.97 Å². The highest BCUT2D eigenvalue weighted by molar-refractivity contribution is 5.72. The molecule has 2 fully saturated rings. The van der Waals surface area contributed by atoms with E-state index in [1.807, 2.05) is 0 Å². The van der Waals surface area contributed by atoms with Gasteiger partial charge in [-0.15, -0.1) is 0 Å². The normalized spacial score (nSPS) is 42.8. The van der Waals surface area contributed by atoms with Crippen LogP contribution in [0.1, 0.15) is 32.1 Å². The molecule has 0 aromatic carbocycles. The van der Waals surface area contributed by atoms with Crippen LogP contribution in [-0.2, 0) is 4.79 Å². The average Bonchev–Trinajstić information content (AvgIpc) is 2.89. The Morgan fingerprint density at radius 1 is 1.25 bits per heavy atom. The number of hydrogen-bond acceptors (Lipinski definition) is 2. The standard InChI is InChI=1S/C13H19NO2/c15-12(16)11-9-13(5-4-10(11)8-13)14-6-2-1-3-7-14/h4-5,10-11H,1-3,6-9H2,(H,15,16). The monoisotopic (exact) mass is 221 g/mol. The largest absolute Gasteiger partial charge is 0.481 e. The van der Waals surface area contributed by atoms with Crippen LogP contribution in [0.2, 0.25) is 0 Å². The molecule has 3 aliphatic rings. The van der Waals surface area contributed by atoms with Gasteiger partial charge in [-0.1, -0.05) is 18.6 Å². The fraction of sp³-hybridized carbons (Fsp3) is 0.769. The maximum atomic E-state index is 11.2. The van der Waals surface area contributed by atoms with Crippen LogP contribution >= 0.6 is 0 Å². The van der Waals surface area contributed by atoms with Crippen LogP contribution in [0.3, 0.4) is 0 Å². The van der Waals surface area contributed by atoms with E-state index in [0.717, 1.165) is 25.9 Å². The Bertz CT molecular complexity index is 333. The number of piperidine rings is 1. The van der Waals surface area contributed by atoms with E-state index in [4.69, 9.17) is 0 Å². The summed E-state index contributed by atoms with van der Waals surface area (Å²) < 4.78 is 0. The minimum absolute atomic E-state index is 0.105. The molecule has 0 spiro atoms. The molecule has 0 aromatic rings. The number of rotatable bonds is 2. The van der Waals surface area contributed by atoms with Gasteiger partial charge in [-0.2, -0.15) is 0 Å². The minimum atomic E-state index is -0.603. The van der Waals surface area contributed by atoms with Crippen LogP contribution in [-0.4, -0.2) is 34.6 Å². The number of likely N-dealkylation sites (tertiary alicyclic amines) is 1. The van der Waals surface area contributed by atoms with Crippen molar-refractivity contribution in [1.29, 1.82) is 0 Å². The molecule has 3 nitrogen and oxygen atoms in total. The highest BCUT2D eigenvalue weighted by atomic mass is 16.4. The molecule has 0 aromatic heterocycles. The number of nitrogens with zero attached hydrogens (tertiary/aromatic N) is 1. The summed E-state index contributed by atoms with van der Waals surface area (Å²) in [5.74, 6) is -0.445. The van der Waals surface area contributed by atoms with Gasteiger partial charge in [0.25, 0.3) is 0 Å². The van der Waals surface area contributed by atoms with Crippen LogP contribution < -0.4 is 0 Å². The summed E-state index contributed by atoms with van der Waals surface area (Å²) in [6.07, 6.45) is 10.2. The molecule has 2 aliphatic carbocycles. The molecule has 3 atom stereocenters. The van der Waals surface area contributed by atoms with E-state index in [0.29, 0.717) is 5.92 Å². The van der Waals surface area contributed by atoms with Gasteiger partial charge in [0.15, 0.2) is 0 Å². The fourth-order valence-corrected chi connectivity index (χ4v) is 3.78. The Morgan fingerprint density at radius 2 is 2.00 bits per heavy atom. The molecule has 0 radical (unpaired) electrons. The third-order valence-corrected chi connectivity index (χ3v) is 4.64. The third kappa shape index (κ3) is 1.41. The number of fused-ring (bicyclic) bond motifs is 2. The quantitative estimate of drug-likeness (QED) is 0.724. The summed E-state index contributed by atoms with van der Waals surface area (Å²) in [6, 6.07) is 0. The maximum Gasteiger partial charge on any atom is 0.307 e. The van der Waals surface area contributed by atoms with Gasteiger partial charge in [-0.05, 0) is 44.7 Å². The SMILES string of the molecule is O=C(O)C1CC2(N3CCCCC3)C=CC1C2. The number of allylic oxidation sites excluding steroid dienone is 1. The lowest BCUT2D eigenvalue weighted by Gasteiger charge is -2.41. The summed E-state index contributed by atoms with van der Waals surface area (Å²) in [7, 11) is 0. The van der Waals surface area contributed by atoms with Crippen LogP contribution in [0.25, 0.3) is 0 Å². The van der Waals surface area contributed by atoms with E-state index in [1.165, 1.54) is 19.3 Å². The van der Waals surface area contributed by atoms with Crippen molar-refractivity contribution in [2.75, 3.05) is 13.1 Å². The van der Waals surface area contributed by atoms with Crippen LogP contribution in [0.5, 0.6) is 0 Å². The molecule has 88 valence electrons. The number of carboxylic acids is 1. The van der Waals surface area contributed by atoms with Gasteiger partial charge in [0.05, 0.1) is 5.92 Å². The molecular formula is C13H19NO2. The maximum absolute atomic E-state index is 11.2. The van der Waals surface area contributed by atoms with E-state index >= 15 is 0 Å². The van der Waals surface area contributed by atoms with E-state index < -0.39 is 5.97 Å². The molecule has 3 unspecified atom stereocenters. The summed E-state index contributed by atoms with van der Waals surface area (Å²) in [4.78, 5) is 13.7. The summed E-state index contributed by atoms with van der Waals surface area (Å²) >= 11 is 0. The van der Waals surface area contributed by atoms with E-state index in [2.05, 4.69) is 17.1 Å². The second kappa shape index (κ2) is 3.59. The van der Waals surface area contributed by atoms with Crippen molar-refractivity contribution in [3.05, 3.63) is 12.2 Å². The molecule has 16 heavy (non-hydrogen) atoms. The summed E-state index contributed by atoms with van der Waals surface area (Å²) in [5.41, 5.74) is 0.105. The predicted molar refractivity (Wildman–Crippen MR) is 61.1 cm³/mol. The molecule has 3 rings (SSSR count). The minimum Gasteiger partial charge on any atom is -0.481 e. The Morgan fingerprint density at radius 3 is 2.62 bits per heavy atom. The van der Waals surface area contributed by atoms with Gasteiger partial charge in [0, 0.05) is 5.54 Å². The molecule has 1 aliphatic heterocycles. The van der Waals surface area contributed by atoms with Crippen molar-refractivity contribution in [1.82, 2.24) is 4.90 Å². The second-order valence-corrected chi connectivity index (χ2v) is 5.53. The van der Waals surface area contributed by atoms with E-state index in [1.54, 1.807) is 0 Å². The van der Waals surface area contributed by atoms with Gasteiger partial charge in [0.2, 0.25) is 0 Å². The Hall–Kier alpha value is -0.830. The van der Waals surface area contributed by atoms with E-state index in [-0.39, 0.29) is 11.5 Å². The summed E-state index contributed by atoms with van der Waals surface area (Å²) in [5, 5.41) is 9.20. The van der Waals surface area contributed by atoms with Crippen molar-refractivity contribution >= 4 is 5.97 Å². The lowest BCUT2D eigenvalue weighted by Crippen LogP contribution is -2.47. The number of aliphatic carboxylic acids is 1. The van der Waals surface area contributed by atoms with E-state index in [9.17, 15) is 9.90 Å². The van der Waals surface area contributed by atoms with Crippen molar-refractivity contribution < 1.29 is 9.90 Å². The highest BCUT2D eigenvalue weighted by Crippen LogP contribution is 2.50. The van der Waals surface area contributed by atoms with Crippen molar-refractivity contribution in [2.24, 2.45) is 11.8 Å². The zero-order valence-corrected chi connectivity index (χ0v) is 9.56. The van der Waals surface area contributed by atoms with Crippen molar-refractivity contribution in [2.45, 2.75) is 37.6 Å². The van der Waals surface area contributed by atoms with Gasteiger partial charge in [0.1, 0.15) is 0 Å². The van der Waals surface area contributed by atoms with Crippen molar-refractivity contribution in [3.8, 4) is 0 Å². The topological polar surface area (TPSA) is 40.5 Å². The van der Waals surface area contributed by atoms with Gasteiger partial charge in [-0.3, -0.25) is 9.69 Å². The first-order valence-electron chi connectivity index (χ1n) is 6.38. The third-order valence-electron chi connectivity index (χ3n) is 4.64. The highest BCUT2D eigenvalue weighted by Gasteiger charge is 2.52. The first-order chi connectivity index (χ1) is 7.71. The average molecular weight is 221 g/mol. The van der Waals surface area contributed by atoms with Crippen LogP contribution in [0, 0.1) is 11.8 Å². The zero-order chi connectivity index (χ0) is 11.2. The van der Waals surface area contributed by atoms with Crippen LogP contribution in [0.4, 0.5) is 0 Å². The number of carbonyl (C=O) groups is 1. The fourth-order valence-electron chi connectivity index (χ4n) is 3.78. The number of hydrogen-bond donors (Lipinski definition) is 1. The first kappa shape index (κ1) is 10.3. The molecule has 2 bridgehead atoms. The van der Waals surface area contributed by atoms with Crippen LogP contribution in [0.15, 0.2) is 12.2 Å².